The lowest BCUT2D eigenvalue weighted by Crippen LogP contribution is -2.47. The van der Waals surface area contributed by atoms with Gasteiger partial charge in [-0.2, -0.15) is 11.8 Å². The van der Waals surface area contributed by atoms with Gasteiger partial charge in [-0.1, -0.05) is 6.92 Å². The first kappa shape index (κ1) is 16.1. The van der Waals surface area contributed by atoms with E-state index >= 15 is 0 Å². The van der Waals surface area contributed by atoms with Crippen LogP contribution in [0.3, 0.4) is 0 Å². The molecule has 7 heteroatoms. The topological polar surface area (TPSA) is 80.7 Å². The van der Waals surface area contributed by atoms with Gasteiger partial charge in [0, 0.05) is 6.61 Å². The van der Waals surface area contributed by atoms with Crippen molar-refractivity contribution in [2.24, 2.45) is 5.92 Å². The number of aliphatic carboxylic acids is 1. The number of ether oxygens (including phenoxy) is 1. The maximum atomic E-state index is 12.4. The predicted molar refractivity (Wildman–Crippen MR) is 78.9 cm³/mol. The van der Waals surface area contributed by atoms with Gasteiger partial charge in [0.05, 0.1) is 22.5 Å². The fourth-order valence-corrected chi connectivity index (χ4v) is 6.30. The number of thioether (sulfide) groups is 1. The highest BCUT2D eigenvalue weighted by Crippen LogP contribution is 2.39. The molecule has 2 atom stereocenters. The molecule has 116 valence electrons. The van der Waals surface area contributed by atoms with Crippen LogP contribution in [-0.2, 0) is 19.4 Å². The molecule has 1 N–H and O–H groups in total. The molecular weight excluding hydrogens is 300 g/mol. The van der Waals surface area contributed by atoms with Gasteiger partial charge in [-0.15, -0.1) is 0 Å². The second-order valence-corrected chi connectivity index (χ2v) is 9.38. The zero-order chi connectivity index (χ0) is 14.8. The van der Waals surface area contributed by atoms with E-state index in [0.717, 1.165) is 24.3 Å². The summed E-state index contributed by atoms with van der Waals surface area (Å²) in [7, 11) is -3.37. The molecule has 2 heterocycles. The lowest BCUT2D eigenvalue weighted by atomic mass is 9.88. The molecule has 0 aromatic carbocycles. The smallest absolute Gasteiger partial charge is 0.307 e. The summed E-state index contributed by atoms with van der Waals surface area (Å²) in [5.41, 5.74) is -0.284. The van der Waals surface area contributed by atoms with Gasteiger partial charge < -0.3 is 9.84 Å². The maximum absolute atomic E-state index is 12.4. The molecule has 2 saturated heterocycles. The average molecular weight is 322 g/mol. The standard InChI is InChI=1S/C13H22O5S2/c1-10(12(14)15)9-20(16,17)11-2-5-18-13(8-11)3-6-19-7-4-13/h10-11H,2-9H2,1H3,(H,14,15). The van der Waals surface area contributed by atoms with Gasteiger partial charge in [0.1, 0.15) is 0 Å². The molecule has 0 aliphatic carbocycles. The molecular formula is C13H22O5S2. The summed E-state index contributed by atoms with van der Waals surface area (Å²) in [6.07, 6.45) is 2.82. The highest BCUT2D eigenvalue weighted by Gasteiger charge is 2.43. The zero-order valence-corrected chi connectivity index (χ0v) is 13.3. The quantitative estimate of drug-likeness (QED) is 0.846. The van der Waals surface area contributed by atoms with Gasteiger partial charge in [-0.25, -0.2) is 8.42 Å². The molecule has 2 aliphatic rings. The summed E-state index contributed by atoms with van der Waals surface area (Å²) >= 11 is 1.88. The first-order valence-electron chi connectivity index (χ1n) is 7.01. The fraction of sp³-hybridized carbons (Fsp3) is 0.923. The van der Waals surface area contributed by atoms with Crippen molar-refractivity contribution in [3.63, 3.8) is 0 Å². The first-order valence-corrected chi connectivity index (χ1v) is 9.88. The normalized spacial score (nSPS) is 28.1. The van der Waals surface area contributed by atoms with Crippen LogP contribution in [0.5, 0.6) is 0 Å². The van der Waals surface area contributed by atoms with E-state index in [0.29, 0.717) is 19.4 Å². The molecule has 2 fully saturated rings. The molecule has 2 aliphatic heterocycles. The number of hydrogen-bond acceptors (Lipinski definition) is 5. The van der Waals surface area contributed by atoms with E-state index in [1.807, 2.05) is 11.8 Å². The second kappa shape index (κ2) is 6.23. The van der Waals surface area contributed by atoms with E-state index in [1.54, 1.807) is 0 Å². The van der Waals surface area contributed by atoms with Crippen molar-refractivity contribution in [3.05, 3.63) is 0 Å². The molecule has 0 radical (unpaired) electrons. The van der Waals surface area contributed by atoms with Gasteiger partial charge >= 0.3 is 5.97 Å². The monoisotopic (exact) mass is 322 g/mol. The molecule has 0 aromatic rings. The van der Waals surface area contributed by atoms with Crippen molar-refractivity contribution >= 4 is 27.6 Å². The van der Waals surface area contributed by atoms with Crippen LogP contribution in [0.2, 0.25) is 0 Å². The Morgan fingerprint density at radius 3 is 2.70 bits per heavy atom. The Balaban J connectivity index is 2.05. The van der Waals surface area contributed by atoms with Crippen molar-refractivity contribution in [1.82, 2.24) is 0 Å². The molecule has 1 spiro atoms. The molecule has 2 rings (SSSR count). The van der Waals surface area contributed by atoms with Crippen molar-refractivity contribution < 1.29 is 23.1 Å². The minimum Gasteiger partial charge on any atom is -0.481 e. The van der Waals surface area contributed by atoms with Gasteiger partial charge in [-0.05, 0) is 37.2 Å². The van der Waals surface area contributed by atoms with Gasteiger partial charge in [-0.3, -0.25) is 4.79 Å². The molecule has 0 amide bonds. The van der Waals surface area contributed by atoms with Crippen molar-refractivity contribution in [2.45, 2.75) is 43.5 Å². The minimum absolute atomic E-state index is 0.266. The Hall–Kier alpha value is -0.270. The van der Waals surface area contributed by atoms with Crippen LogP contribution in [0.25, 0.3) is 0 Å². The number of carbonyl (C=O) groups is 1. The number of rotatable bonds is 4. The van der Waals surface area contributed by atoms with E-state index in [-0.39, 0.29) is 11.4 Å². The van der Waals surface area contributed by atoms with Crippen LogP contribution in [0, 0.1) is 5.92 Å². The predicted octanol–water partition coefficient (Wildman–Crippen LogP) is 1.57. The Bertz CT molecular complexity index is 448. The van der Waals surface area contributed by atoms with E-state index in [1.165, 1.54) is 6.92 Å². The highest BCUT2D eigenvalue weighted by molar-refractivity contribution is 7.99. The summed E-state index contributed by atoms with van der Waals surface area (Å²) < 4.78 is 30.7. The molecule has 2 unspecified atom stereocenters. The van der Waals surface area contributed by atoms with Crippen LogP contribution in [-0.4, -0.2) is 54.2 Å². The average Bonchev–Trinajstić information content (AvgIpc) is 2.39. The fourth-order valence-electron chi connectivity index (χ4n) is 2.94. The van der Waals surface area contributed by atoms with Crippen LogP contribution >= 0.6 is 11.8 Å². The Morgan fingerprint density at radius 1 is 1.45 bits per heavy atom. The minimum atomic E-state index is -3.37. The van der Waals surface area contributed by atoms with Gasteiger partial charge in [0.2, 0.25) is 0 Å². The third-order valence-corrected chi connectivity index (χ3v) is 7.63. The van der Waals surface area contributed by atoms with E-state index in [2.05, 4.69) is 0 Å². The zero-order valence-electron chi connectivity index (χ0n) is 11.7. The third-order valence-electron chi connectivity index (χ3n) is 4.26. The summed E-state index contributed by atoms with van der Waals surface area (Å²) in [6.45, 7) is 1.92. The molecule has 5 nitrogen and oxygen atoms in total. The summed E-state index contributed by atoms with van der Waals surface area (Å²) in [4.78, 5) is 10.9. The number of carboxylic acid groups (broad SMARTS) is 1. The Morgan fingerprint density at radius 2 is 2.10 bits per heavy atom. The third kappa shape index (κ3) is 3.68. The molecule has 0 bridgehead atoms. The number of carboxylic acids is 1. The van der Waals surface area contributed by atoms with E-state index in [9.17, 15) is 13.2 Å². The van der Waals surface area contributed by atoms with E-state index in [4.69, 9.17) is 9.84 Å². The number of sulfone groups is 1. The molecule has 20 heavy (non-hydrogen) atoms. The van der Waals surface area contributed by atoms with Crippen LogP contribution < -0.4 is 0 Å². The molecule has 0 saturated carbocycles. The SMILES string of the molecule is CC(CS(=O)(=O)C1CCOC2(CCSCC2)C1)C(=O)O. The van der Waals surface area contributed by atoms with E-state index < -0.39 is 27.0 Å². The highest BCUT2D eigenvalue weighted by atomic mass is 32.2. The summed E-state index contributed by atoms with van der Waals surface area (Å²) in [6, 6.07) is 0. The van der Waals surface area contributed by atoms with Gasteiger partial charge in [0.25, 0.3) is 0 Å². The lowest BCUT2D eigenvalue weighted by Gasteiger charge is -2.43. The van der Waals surface area contributed by atoms with Gasteiger partial charge in [0.15, 0.2) is 9.84 Å². The summed E-state index contributed by atoms with van der Waals surface area (Å²) in [5.74, 6) is -0.140. The number of hydrogen-bond donors (Lipinski definition) is 1. The van der Waals surface area contributed by atoms with Crippen molar-refractivity contribution in [3.8, 4) is 0 Å². The molecule has 0 aromatic heterocycles. The van der Waals surface area contributed by atoms with Crippen LogP contribution in [0.1, 0.15) is 32.6 Å². The van der Waals surface area contributed by atoms with Crippen LogP contribution in [0.15, 0.2) is 0 Å². The van der Waals surface area contributed by atoms with Crippen molar-refractivity contribution in [2.75, 3.05) is 23.9 Å². The lowest BCUT2D eigenvalue weighted by molar-refractivity contribution is -0.140. The summed E-state index contributed by atoms with van der Waals surface area (Å²) in [5, 5.41) is 8.45. The Kier molecular flexibility index (Phi) is 5.02. The first-order chi connectivity index (χ1) is 9.35. The van der Waals surface area contributed by atoms with Crippen molar-refractivity contribution in [1.29, 1.82) is 0 Å². The Labute approximate surface area is 124 Å². The maximum Gasteiger partial charge on any atom is 0.307 e. The second-order valence-electron chi connectivity index (χ2n) is 5.83. The largest absolute Gasteiger partial charge is 0.481 e. The van der Waals surface area contributed by atoms with Crippen LogP contribution in [0.4, 0.5) is 0 Å².